The van der Waals surface area contributed by atoms with Gasteiger partial charge < -0.3 is 10.2 Å². The van der Waals surface area contributed by atoms with E-state index in [1.807, 2.05) is 24.3 Å². The second kappa shape index (κ2) is 7.44. The predicted molar refractivity (Wildman–Crippen MR) is 97.3 cm³/mol. The zero-order valence-corrected chi connectivity index (χ0v) is 15.4. The van der Waals surface area contributed by atoms with Crippen molar-refractivity contribution < 1.29 is 10.2 Å². The first-order chi connectivity index (χ1) is 12.0. The molecule has 0 saturated heterocycles. The van der Waals surface area contributed by atoms with E-state index in [9.17, 15) is 10.2 Å². The monoisotopic (exact) mass is 363 g/mol. The molecule has 3 rings (SSSR count). The van der Waals surface area contributed by atoms with E-state index in [0.29, 0.717) is 13.0 Å². The number of hydrogen-bond acceptors (Lipinski definition) is 4. The van der Waals surface area contributed by atoms with Crippen LogP contribution in [0.3, 0.4) is 0 Å². The lowest BCUT2D eigenvalue weighted by Crippen LogP contribution is -2.50. The minimum atomic E-state index is -0.893. The lowest BCUT2D eigenvalue weighted by Gasteiger charge is -2.43. The molecule has 2 aromatic rings. The van der Waals surface area contributed by atoms with E-state index in [2.05, 4.69) is 17.0 Å². The van der Waals surface area contributed by atoms with Gasteiger partial charge in [-0.15, -0.1) is 0 Å². The van der Waals surface area contributed by atoms with Crippen LogP contribution in [0.4, 0.5) is 0 Å². The maximum atomic E-state index is 11.8. The van der Waals surface area contributed by atoms with Crippen molar-refractivity contribution in [2.45, 2.75) is 51.2 Å². The quantitative estimate of drug-likeness (QED) is 0.793. The summed E-state index contributed by atoms with van der Waals surface area (Å²) in [5, 5.41) is 26.0. The summed E-state index contributed by atoms with van der Waals surface area (Å²) in [6.07, 6.45) is 7.35. The maximum Gasteiger partial charge on any atom is 0.137 e. The molecule has 0 amide bonds. The lowest BCUT2D eigenvalue weighted by atomic mass is 9.69. The SMILES string of the molecule is CC1(CCCO)CCC(Cc2ccc(Cl)cc2)C1(O)Cn1cncn1. The zero-order chi connectivity index (χ0) is 17.9. The molecular formula is C19H26ClN3O2. The minimum Gasteiger partial charge on any atom is -0.396 e. The summed E-state index contributed by atoms with van der Waals surface area (Å²) in [5.74, 6) is 0.126. The first kappa shape index (κ1) is 18.4. The molecule has 5 nitrogen and oxygen atoms in total. The van der Waals surface area contributed by atoms with Gasteiger partial charge in [0.1, 0.15) is 12.7 Å². The van der Waals surface area contributed by atoms with E-state index in [0.717, 1.165) is 30.7 Å². The van der Waals surface area contributed by atoms with Crippen LogP contribution < -0.4 is 0 Å². The molecule has 0 bridgehead atoms. The summed E-state index contributed by atoms with van der Waals surface area (Å²) < 4.78 is 1.72. The molecule has 0 aliphatic heterocycles. The zero-order valence-electron chi connectivity index (χ0n) is 14.6. The number of hydrogen-bond donors (Lipinski definition) is 2. The van der Waals surface area contributed by atoms with Gasteiger partial charge in [0.2, 0.25) is 0 Å². The van der Waals surface area contributed by atoms with Crippen LogP contribution >= 0.6 is 11.6 Å². The van der Waals surface area contributed by atoms with Gasteiger partial charge in [-0.05, 0) is 61.1 Å². The molecule has 1 aromatic carbocycles. The smallest absolute Gasteiger partial charge is 0.137 e. The third-order valence-electron chi connectivity index (χ3n) is 5.92. The topological polar surface area (TPSA) is 71.2 Å². The molecular weight excluding hydrogens is 338 g/mol. The normalized spacial score (nSPS) is 29.2. The third kappa shape index (κ3) is 3.73. The van der Waals surface area contributed by atoms with Crippen LogP contribution in [0.2, 0.25) is 5.02 Å². The van der Waals surface area contributed by atoms with Gasteiger partial charge in [0.25, 0.3) is 0 Å². The van der Waals surface area contributed by atoms with Crippen molar-refractivity contribution in [2.75, 3.05) is 6.61 Å². The van der Waals surface area contributed by atoms with E-state index in [-0.39, 0.29) is 17.9 Å². The second-order valence-corrected chi connectivity index (χ2v) is 7.91. The summed E-state index contributed by atoms with van der Waals surface area (Å²) >= 11 is 5.99. The molecule has 0 radical (unpaired) electrons. The highest BCUT2D eigenvalue weighted by Crippen LogP contribution is 2.54. The minimum absolute atomic E-state index is 0.126. The van der Waals surface area contributed by atoms with Gasteiger partial charge >= 0.3 is 0 Å². The number of aliphatic hydroxyl groups is 2. The molecule has 25 heavy (non-hydrogen) atoms. The van der Waals surface area contributed by atoms with Crippen LogP contribution in [0, 0.1) is 11.3 Å². The second-order valence-electron chi connectivity index (χ2n) is 7.47. The molecule has 1 saturated carbocycles. The fourth-order valence-corrected chi connectivity index (χ4v) is 4.43. The molecule has 1 aromatic heterocycles. The van der Waals surface area contributed by atoms with Crippen molar-refractivity contribution >= 4 is 11.6 Å². The summed E-state index contributed by atoms with van der Waals surface area (Å²) in [6.45, 7) is 2.71. The maximum absolute atomic E-state index is 11.8. The van der Waals surface area contributed by atoms with Crippen molar-refractivity contribution in [1.82, 2.24) is 14.8 Å². The first-order valence-electron chi connectivity index (χ1n) is 8.87. The highest BCUT2D eigenvalue weighted by atomic mass is 35.5. The van der Waals surface area contributed by atoms with Crippen LogP contribution in [0.15, 0.2) is 36.9 Å². The van der Waals surface area contributed by atoms with Gasteiger partial charge in [-0.2, -0.15) is 5.10 Å². The number of aliphatic hydroxyl groups excluding tert-OH is 1. The van der Waals surface area contributed by atoms with Gasteiger partial charge in [-0.1, -0.05) is 30.7 Å². The number of halogens is 1. The molecule has 3 unspecified atom stereocenters. The van der Waals surface area contributed by atoms with Crippen LogP contribution in [0.5, 0.6) is 0 Å². The Hall–Kier alpha value is -1.43. The fraction of sp³-hybridized carbons (Fsp3) is 0.579. The lowest BCUT2D eigenvalue weighted by molar-refractivity contribution is -0.103. The molecule has 1 aliphatic carbocycles. The third-order valence-corrected chi connectivity index (χ3v) is 6.17. The average molecular weight is 364 g/mol. The average Bonchev–Trinajstić information content (AvgIpc) is 3.18. The first-order valence-corrected chi connectivity index (χ1v) is 9.25. The van der Waals surface area contributed by atoms with E-state index in [4.69, 9.17) is 11.6 Å². The Kier molecular flexibility index (Phi) is 5.46. The van der Waals surface area contributed by atoms with Gasteiger partial charge in [-0.3, -0.25) is 4.68 Å². The summed E-state index contributed by atoms with van der Waals surface area (Å²) in [5.41, 5.74) is 0.0340. The molecule has 6 heteroatoms. The molecule has 1 heterocycles. The number of rotatable bonds is 7. The van der Waals surface area contributed by atoms with Crippen molar-refractivity contribution in [3.8, 4) is 0 Å². The van der Waals surface area contributed by atoms with Crippen molar-refractivity contribution in [1.29, 1.82) is 0 Å². The Morgan fingerprint density at radius 3 is 2.72 bits per heavy atom. The predicted octanol–water partition coefficient (Wildman–Crippen LogP) is 3.09. The Balaban J connectivity index is 1.86. The van der Waals surface area contributed by atoms with Crippen molar-refractivity contribution in [2.24, 2.45) is 11.3 Å². The van der Waals surface area contributed by atoms with Gasteiger partial charge in [0.05, 0.1) is 12.1 Å². The van der Waals surface area contributed by atoms with Crippen LogP contribution in [0.25, 0.3) is 0 Å². The fourth-order valence-electron chi connectivity index (χ4n) is 4.31. The van der Waals surface area contributed by atoms with E-state index < -0.39 is 5.60 Å². The standard InChI is InChI=1S/C19H26ClN3O2/c1-18(8-2-10-24)9-7-16(11-15-3-5-17(20)6-4-15)19(18,25)12-23-14-21-13-22-23/h3-6,13-14,16,24-25H,2,7-12H2,1H3. The van der Waals surface area contributed by atoms with Crippen molar-refractivity contribution in [3.63, 3.8) is 0 Å². The van der Waals surface area contributed by atoms with Gasteiger partial charge in [0, 0.05) is 11.6 Å². The number of benzene rings is 1. The summed E-state index contributed by atoms with van der Waals surface area (Å²) in [4.78, 5) is 4.01. The molecule has 0 spiro atoms. The molecule has 1 aliphatic rings. The molecule has 2 N–H and O–H groups in total. The van der Waals surface area contributed by atoms with E-state index in [1.165, 1.54) is 11.9 Å². The van der Waals surface area contributed by atoms with Crippen LogP contribution in [-0.4, -0.2) is 37.2 Å². The van der Waals surface area contributed by atoms with Gasteiger partial charge in [0.15, 0.2) is 0 Å². The summed E-state index contributed by atoms with van der Waals surface area (Å²) in [6, 6.07) is 7.85. The number of nitrogens with zero attached hydrogens (tertiary/aromatic N) is 3. The highest BCUT2D eigenvalue weighted by molar-refractivity contribution is 6.30. The molecule has 136 valence electrons. The largest absolute Gasteiger partial charge is 0.396 e. The van der Waals surface area contributed by atoms with Crippen LogP contribution in [0.1, 0.15) is 38.2 Å². The Morgan fingerprint density at radius 1 is 1.32 bits per heavy atom. The van der Waals surface area contributed by atoms with Gasteiger partial charge in [-0.25, -0.2) is 4.98 Å². The van der Waals surface area contributed by atoms with Crippen molar-refractivity contribution in [3.05, 3.63) is 47.5 Å². The Labute approximate surface area is 153 Å². The molecule has 1 fully saturated rings. The van der Waals surface area contributed by atoms with Crippen LogP contribution in [-0.2, 0) is 13.0 Å². The highest BCUT2D eigenvalue weighted by Gasteiger charge is 2.56. The summed E-state index contributed by atoms with van der Waals surface area (Å²) in [7, 11) is 0. The van der Waals surface area contributed by atoms with E-state index >= 15 is 0 Å². The van der Waals surface area contributed by atoms with E-state index in [1.54, 1.807) is 11.0 Å². The number of aromatic nitrogens is 3. The Morgan fingerprint density at radius 2 is 2.08 bits per heavy atom. The molecule has 3 atom stereocenters. The Bertz CT molecular complexity index is 676.